The molecule has 0 aliphatic rings. The fourth-order valence-corrected chi connectivity index (χ4v) is 0.317. The molecule has 0 fully saturated rings. The molecule has 2 heteroatoms. The molecular weight excluding hydrogens is 116 g/mol. The predicted octanol–water partition coefficient (Wildman–Crippen LogP) is 2.08. The van der Waals surface area contributed by atoms with E-state index in [2.05, 4.69) is 13.2 Å². The summed E-state index contributed by atoms with van der Waals surface area (Å²) in [7, 11) is 0. The molecule has 0 unspecified atom stereocenters. The fourth-order valence-electron chi connectivity index (χ4n) is 0.317. The summed E-state index contributed by atoms with van der Waals surface area (Å²) >= 11 is 0. The van der Waals surface area contributed by atoms with Crippen LogP contribution in [-0.4, -0.2) is 10.2 Å². The largest absolute Gasteiger partial charge is 0.505 e. The topological polar surface area (TPSA) is 40.5 Å². The Kier molecular flexibility index (Phi) is 2.58. The predicted molar refractivity (Wildman–Crippen MR) is 37.3 cm³/mol. The molecule has 0 radical (unpaired) electrons. The van der Waals surface area contributed by atoms with Gasteiger partial charge < -0.3 is 10.2 Å². The Morgan fingerprint density at radius 3 is 1.89 bits per heavy atom. The lowest BCUT2D eigenvalue weighted by molar-refractivity contribution is 0.328. The van der Waals surface area contributed by atoms with Gasteiger partial charge in [-0.2, -0.15) is 0 Å². The van der Waals surface area contributed by atoms with Crippen LogP contribution in [0.5, 0.6) is 0 Å². The fraction of sp³-hybridized carbons (Fsp3) is 0.143. The number of aliphatic hydroxyl groups is 2. The van der Waals surface area contributed by atoms with E-state index in [1.165, 1.54) is 6.08 Å². The minimum Gasteiger partial charge on any atom is -0.505 e. The lowest BCUT2D eigenvalue weighted by Gasteiger charge is -1.93. The normalized spacial score (nSPS) is 11.0. The van der Waals surface area contributed by atoms with Crippen LogP contribution < -0.4 is 0 Å². The van der Waals surface area contributed by atoms with E-state index < -0.39 is 0 Å². The third-order valence-corrected chi connectivity index (χ3v) is 0.679. The van der Waals surface area contributed by atoms with Crippen molar-refractivity contribution in [3.63, 3.8) is 0 Å². The zero-order chi connectivity index (χ0) is 7.44. The molecule has 0 saturated carbocycles. The maximum atomic E-state index is 8.75. The zero-order valence-electron chi connectivity index (χ0n) is 5.39. The van der Waals surface area contributed by atoms with Gasteiger partial charge in [-0.1, -0.05) is 18.7 Å². The van der Waals surface area contributed by atoms with Crippen molar-refractivity contribution in [2.45, 2.75) is 6.92 Å². The lowest BCUT2D eigenvalue weighted by Crippen LogP contribution is -1.83. The Labute approximate surface area is 54.4 Å². The molecule has 0 saturated heterocycles. The third-order valence-electron chi connectivity index (χ3n) is 0.679. The van der Waals surface area contributed by atoms with E-state index in [-0.39, 0.29) is 11.5 Å². The molecule has 2 nitrogen and oxygen atoms in total. The first-order valence-electron chi connectivity index (χ1n) is 2.48. The Bertz CT molecular complexity index is 166. The second kappa shape index (κ2) is 2.97. The van der Waals surface area contributed by atoms with Crippen LogP contribution in [0.3, 0.4) is 0 Å². The number of aliphatic hydroxyl groups excluding tert-OH is 2. The van der Waals surface area contributed by atoms with Crippen molar-refractivity contribution in [3.05, 3.63) is 36.3 Å². The van der Waals surface area contributed by atoms with Crippen LogP contribution in [0, 0.1) is 0 Å². The number of allylic oxidation sites excluding steroid dienone is 2. The molecule has 0 aromatic heterocycles. The third kappa shape index (κ3) is 3.41. The first-order valence-corrected chi connectivity index (χ1v) is 2.48. The highest BCUT2D eigenvalue weighted by atomic mass is 16.3. The van der Waals surface area contributed by atoms with Gasteiger partial charge in [-0.25, -0.2) is 0 Å². The van der Waals surface area contributed by atoms with Crippen LogP contribution in [-0.2, 0) is 0 Å². The highest BCUT2D eigenvalue weighted by Crippen LogP contribution is 2.02. The standard InChI is InChI=1S/C7H10O2/c1-5(2)4-7(9)6(3)8/h4,8-9H,1,3H2,2H3/b7-4+. The van der Waals surface area contributed by atoms with E-state index in [4.69, 9.17) is 10.2 Å². The van der Waals surface area contributed by atoms with Crippen molar-refractivity contribution in [1.29, 1.82) is 0 Å². The van der Waals surface area contributed by atoms with Crippen LogP contribution in [0.2, 0.25) is 0 Å². The maximum absolute atomic E-state index is 8.75. The molecular formula is C7H10O2. The molecule has 0 atom stereocenters. The summed E-state index contributed by atoms with van der Waals surface area (Å²) in [6.45, 7) is 8.30. The highest BCUT2D eigenvalue weighted by molar-refractivity contribution is 5.23. The van der Waals surface area contributed by atoms with Gasteiger partial charge in [-0.05, 0) is 13.0 Å². The van der Waals surface area contributed by atoms with Crippen molar-refractivity contribution >= 4 is 0 Å². The Morgan fingerprint density at radius 2 is 1.78 bits per heavy atom. The number of rotatable bonds is 2. The van der Waals surface area contributed by atoms with E-state index in [0.29, 0.717) is 5.57 Å². The first-order chi connectivity index (χ1) is 4.04. The van der Waals surface area contributed by atoms with Crippen LogP contribution >= 0.6 is 0 Å². The minimum absolute atomic E-state index is 0.234. The van der Waals surface area contributed by atoms with Gasteiger partial charge in [-0.3, -0.25) is 0 Å². The maximum Gasteiger partial charge on any atom is 0.156 e. The summed E-state index contributed by atoms with van der Waals surface area (Å²) in [5.41, 5.74) is 0.669. The van der Waals surface area contributed by atoms with E-state index in [1.54, 1.807) is 6.92 Å². The van der Waals surface area contributed by atoms with Crippen LogP contribution in [0.4, 0.5) is 0 Å². The molecule has 0 aromatic carbocycles. The summed E-state index contributed by atoms with van der Waals surface area (Å²) < 4.78 is 0. The summed E-state index contributed by atoms with van der Waals surface area (Å²) in [6, 6.07) is 0. The van der Waals surface area contributed by atoms with Crippen molar-refractivity contribution in [1.82, 2.24) is 0 Å². The minimum atomic E-state index is -0.335. The molecule has 2 N–H and O–H groups in total. The molecule has 50 valence electrons. The average Bonchev–Trinajstić information content (AvgIpc) is 1.63. The Morgan fingerprint density at radius 1 is 1.33 bits per heavy atom. The molecule has 0 rings (SSSR count). The van der Waals surface area contributed by atoms with E-state index in [9.17, 15) is 0 Å². The smallest absolute Gasteiger partial charge is 0.156 e. The van der Waals surface area contributed by atoms with Gasteiger partial charge in [0.05, 0.1) is 0 Å². The Balaban J connectivity index is 4.17. The summed E-state index contributed by atoms with van der Waals surface area (Å²) in [5.74, 6) is -0.569. The Hall–Kier alpha value is -1.18. The van der Waals surface area contributed by atoms with Gasteiger partial charge in [0.15, 0.2) is 5.76 Å². The van der Waals surface area contributed by atoms with Crippen molar-refractivity contribution < 1.29 is 10.2 Å². The number of hydrogen-bond acceptors (Lipinski definition) is 2. The summed E-state index contributed by atoms with van der Waals surface area (Å²) in [6.07, 6.45) is 1.34. The van der Waals surface area contributed by atoms with Crippen molar-refractivity contribution in [2.24, 2.45) is 0 Å². The average molecular weight is 126 g/mol. The second-order valence-corrected chi connectivity index (χ2v) is 1.82. The van der Waals surface area contributed by atoms with E-state index in [0.717, 1.165) is 0 Å². The van der Waals surface area contributed by atoms with Gasteiger partial charge >= 0.3 is 0 Å². The summed E-state index contributed by atoms with van der Waals surface area (Å²) in [4.78, 5) is 0. The quantitative estimate of drug-likeness (QED) is 0.439. The zero-order valence-corrected chi connectivity index (χ0v) is 5.39. The van der Waals surface area contributed by atoms with Crippen molar-refractivity contribution in [2.75, 3.05) is 0 Å². The van der Waals surface area contributed by atoms with Gasteiger partial charge in [0.2, 0.25) is 0 Å². The molecule has 0 spiro atoms. The lowest BCUT2D eigenvalue weighted by atomic mass is 10.3. The highest BCUT2D eigenvalue weighted by Gasteiger charge is 1.93. The molecule has 0 amide bonds. The number of hydrogen-bond donors (Lipinski definition) is 2. The molecule has 9 heavy (non-hydrogen) atoms. The van der Waals surface area contributed by atoms with E-state index >= 15 is 0 Å². The van der Waals surface area contributed by atoms with Crippen LogP contribution in [0.1, 0.15) is 6.92 Å². The van der Waals surface area contributed by atoms with Crippen LogP contribution in [0.25, 0.3) is 0 Å². The summed E-state index contributed by atoms with van der Waals surface area (Å²) in [5, 5.41) is 17.3. The SMILES string of the molecule is C=C(C)/C=C(/O)C(=C)O. The molecule has 0 aliphatic heterocycles. The van der Waals surface area contributed by atoms with Gasteiger partial charge in [-0.15, -0.1) is 0 Å². The molecule has 0 bridgehead atoms. The molecule has 0 heterocycles. The first kappa shape index (κ1) is 7.82. The van der Waals surface area contributed by atoms with Gasteiger partial charge in [0, 0.05) is 0 Å². The van der Waals surface area contributed by atoms with Gasteiger partial charge in [0.1, 0.15) is 5.76 Å². The van der Waals surface area contributed by atoms with Crippen molar-refractivity contribution in [3.8, 4) is 0 Å². The molecule has 0 aromatic rings. The monoisotopic (exact) mass is 126 g/mol. The molecule has 0 aliphatic carbocycles. The van der Waals surface area contributed by atoms with Gasteiger partial charge in [0.25, 0.3) is 0 Å². The second-order valence-electron chi connectivity index (χ2n) is 1.82. The van der Waals surface area contributed by atoms with Crippen LogP contribution in [0.15, 0.2) is 36.3 Å². The van der Waals surface area contributed by atoms with E-state index in [1.807, 2.05) is 0 Å².